The van der Waals surface area contributed by atoms with Crippen molar-refractivity contribution in [2.75, 3.05) is 26.7 Å². The quantitative estimate of drug-likeness (QED) is 0.817. The third-order valence-electron chi connectivity index (χ3n) is 5.52. The maximum Gasteiger partial charge on any atom is 0.338 e. The van der Waals surface area contributed by atoms with Crippen molar-refractivity contribution in [3.63, 3.8) is 0 Å². The van der Waals surface area contributed by atoms with Gasteiger partial charge in [-0.25, -0.2) is 4.79 Å². The molecule has 0 aliphatic carbocycles. The first-order valence-corrected chi connectivity index (χ1v) is 9.46. The molecule has 1 unspecified atom stereocenters. The number of nitrogens with zero attached hydrogens (tertiary/aromatic N) is 2. The van der Waals surface area contributed by atoms with Crippen molar-refractivity contribution < 1.29 is 24.2 Å². The summed E-state index contributed by atoms with van der Waals surface area (Å²) in [5.41, 5.74) is -0.504. The summed E-state index contributed by atoms with van der Waals surface area (Å²) in [6.45, 7) is 3.96. The number of piperidine rings is 1. The van der Waals surface area contributed by atoms with Crippen molar-refractivity contribution >= 4 is 17.8 Å². The average molecular weight is 374 g/mol. The van der Waals surface area contributed by atoms with Crippen LogP contribution in [0.15, 0.2) is 18.2 Å². The number of amides is 2. The summed E-state index contributed by atoms with van der Waals surface area (Å²) in [4.78, 5) is 41.7. The van der Waals surface area contributed by atoms with Crippen LogP contribution in [0, 0.1) is 0 Å². The van der Waals surface area contributed by atoms with Gasteiger partial charge in [0.2, 0.25) is 5.91 Å². The van der Waals surface area contributed by atoms with Crippen molar-refractivity contribution in [1.82, 2.24) is 9.80 Å². The molecule has 7 nitrogen and oxygen atoms in total. The van der Waals surface area contributed by atoms with E-state index in [0.717, 1.165) is 25.8 Å². The zero-order chi connectivity index (χ0) is 19.6. The molecule has 0 bridgehead atoms. The molecule has 1 aromatic carbocycles. The van der Waals surface area contributed by atoms with Gasteiger partial charge in [-0.05, 0) is 50.3 Å². The van der Waals surface area contributed by atoms with Gasteiger partial charge in [-0.3, -0.25) is 9.59 Å². The second-order valence-corrected chi connectivity index (χ2v) is 7.25. The van der Waals surface area contributed by atoms with Crippen LogP contribution in [0.1, 0.15) is 59.7 Å². The summed E-state index contributed by atoms with van der Waals surface area (Å²) in [6.07, 6.45) is 3.81. The fourth-order valence-corrected chi connectivity index (χ4v) is 4.33. The number of hydrogen-bond acceptors (Lipinski definition) is 5. The molecule has 2 saturated heterocycles. The molecule has 27 heavy (non-hydrogen) atoms. The Balaban J connectivity index is 1.93. The number of methoxy groups -OCH3 is 1. The molecule has 2 fully saturated rings. The van der Waals surface area contributed by atoms with Crippen LogP contribution in [0.4, 0.5) is 0 Å². The fraction of sp³-hybridized carbons (Fsp3) is 0.550. The number of rotatable bonds is 4. The molecule has 2 aliphatic heterocycles. The number of esters is 1. The summed E-state index contributed by atoms with van der Waals surface area (Å²) < 4.78 is 4.68. The second kappa shape index (κ2) is 7.58. The molecular weight excluding hydrogens is 348 g/mol. The Morgan fingerprint density at radius 3 is 2.48 bits per heavy atom. The molecule has 1 spiro atoms. The zero-order valence-corrected chi connectivity index (χ0v) is 15.9. The van der Waals surface area contributed by atoms with Crippen molar-refractivity contribution in [1.29, 1.82) is 0 Å². The number of benzene rings is 1. The molecular formula is C20H26N2O5. The second-order valence-electron chi connectivity index (χ2n) is 7.25. The molecule has 1 N–H and O–H groups in total. The predicted molar refractivity (Wildman–Crippen MR) is 98.6 cm³/mol. The van der Waals surface area contributed by atoms with E-state index in [9.17, 15) is 19.5 Å². The normalized spacial score (nSPS) is 22.4. The molecule has 0 radical (unpaired) electrons. The lowest BCUT2D eigenvalue weighted by Gasteiger charge is -2.44. The summed E-state index contributed by atoms with van der Waals surface area (Å²) in [5.74, 6) is -1.12. The van der Waals surface area contributed by atoms with Crippen LogP contribution in [0.2, 0.25) is 0 Å². The lowest BCUT2D eigenvalue weighted by Crippen LogP contribution is -2.61. The summed E-state index contributed by atoms with van der Waals surface area (Å²) in [6, 6.07) is 4.01. The Kier molecular flexibility index (Phi) is 5.39. The number of ether oxygens (including phenoxy) is 1. The van der Waals surface area contributed by atoms with Crippen molar-refractivity contribution in [3.8, 4) is 5.75 Å². The standard InChI is InChI=1S/C20H26N2O5/c1-3-8-21-9-4-6-20(19(21)26)7-5-10-22(20)17(24)14-11-15(18(25)27-2)13-16(23)12-14/h11-13,23H,3-10H2,1-2H3. The topological polar surface area (TPSA) is 87.2 Å². The average Bonchev–Trinajstić information content (AvgIpc) is 3.08. The van der Waals surface area contributed by atoms with E-state index in [1.165, 1.54) is 25.3 Å². The molecule has 2 heterocycles. The first kappa shape index (κ1) is 19.2. The van der Waals surface area contributed by atoms with Gasteiger partial charge in [0.25, 0.3) is 5.91 Å². The molecule has 146 valence electrons. The monoisotopic (exact) mass is 374 g/mol. The van der Waals surface area contributed by atoms with Gasteiger partial charge < -0.3 is 19.6 Å². The van der Waals surface area contributed by atoms with Gasteiger partial charge >= 0.3 is 5.97 Å². The van der Waals surface area contributed by atoms with Crippen LogP contribution in [-0.4, -0.2) is 65.0 Å². The third-order valence-corrected chi connectivity index (χ3v) is 5.52. The highest BCUT2D eigenvalue weighted by Crippen LogP contribution is 2.39. The van der Waals surface area contributed by atoms with E-state index in [1.54, 1.807) is 4.90 Å². The molecule has 2 amide bonds. The summed E-state index contributed by atoms with van der Waals surface area (Å²) >= 11 is 0. The molecule has 7 heteroatoms. The lowest BCUT2D eigenvalue weighted by molar-refractivity contribution is -0.145. The van der Waals surface area contributed by atoms with E-state index >= 15 is 0 Å². The van der Waals surface area contributed by atoms with E-state index in [1.807, 2.05) is 11.8 Å². The molecule has 3 rings (SSSR count). The number of phenolic OH excluding ortho intramolecular Hbond substituents is 1. The minimum atomic E-state index is -0.804. The fourth-order valence-electron chi connectivity index (χ4n) is 4.33. The van der Waals surface area contributed by atoms with Crippen LogP contribution in [0.3, 0.4) is 0 Å². The molecule has 0 aromatic heterocycles. The van der Waals surface area contributed by atoms with E-state index in [4.69, 9.17) is 0 Å². The molecule has 1 atom stereocenters. The maximum atomic E-state index is 13.2. The first-order chi connectivity index (χ1) is 12.9. The van der Waals surface area contributed by atoms with Crippen LogP contribution < -0.4 is 0 Å². The number of phenols is 1. The minimum absolute atomic E-state index is 0.0230. The minimum Gasteiger partial charge on any atom is -0.508 e. The smallest absolute Gasteiger partial charge is 0.338 e. The summed E-state index contributed by atoms with van der Waals surface area (Å²) in [7, 11) is 1.24. The van der Waals surface area contributed by atoms with E-state index in [-0.39, 0.29) is 28.7 Å². The van der Waals surface area contributed by atoms with Crippen molar-refractivity contribution in [2.24, 2.45) is 0 Å². The van der Waals surface area contributed by atoms with Crippen LogP contribution >= 0.6 is 0 Å². The van der Waals surface area contributed by atoms with Gasteiger partial charge in [0, 0.05) is 25.2 Å². The number of hydrogen-bond donors (Lipinski definition) is 1. The summed E-state index contributed by atoms with van der Waals surface area (Å²) in [5, 5.41) is 9.94. The molecule has 0 saturated carbocycles. The third kappa shape index (κ3) is 3.38. The largest absolute Gasteiger partial charge is 0.508 e. The first-order valence-electron chi connectivity index (χ1n) is 9.46. The highest BCUT2D eigenvalue weighted by molar-refractivity contribution is 6.02. The highest BCUT2D eigenvalue weighted by Gasteiger charge is 2.52. The Labute approximate surface area is 158 Å². The van der Waals surface area contributed by atoms with Gasteiger partial charge in [-0.2, -0.15) is 0 Å². The van der Waals surface area contributed by atoms with Gasteiger partial charge in [0.1, 0.15) is 11.3 Å². The number of likely N-dealkylation sites (tertiary alicyclic amines) is 2. The number of aromatic hydroxyl groups is 1. The SMILES string of the molecule is CCCN1CCCC2(CCCN2C(=O)c2cc(O)cc(C(=O)OC)c2)C1=O. The highest BCUT2D eigenvalue weighted by atomic mass is 16.5. The van der Waals surface area contributed by atoms with Crippen LogP contribution in [0.25, 0.3) is 0 Å². The van der Waals surface area contributed by atoms with Crippen LogP contribution in [0.5, 0.6) is 5.75 Å². The molecule has 1 aromatic rings. The lowest BCUT2D eigenvalue weighted by atomic mass is 9.85. The maximum absolute atomic E-state index is 13.2. The van der Waals surface area contributed by atoms with E-state index < -0.39 is 11.5 Å². The Morgan fingerprint density at radius 2 is 1.81 bits per heavy atom. The Morgan fingerprint density at radius 1 is 1.15 bits per heavy atom. The van der Waals surface area contributed by atoms with E-state index in [2.05, 4.69) is 4.74 Å². The van der Waals surface area contributed by atoms with Crippen molar-refractivity contribution in [2.45, 2.75) is 44.6 Å². The van der Waals surface area contributed by atoms with Gasteiger partial charge in [-0.1, -0.05) is 6.92 Å². The predicted octanol–water partition coefficient (Wildman–Crippen LogP) is 2.19. The Hall–Kier alpha value is -2.57. The van der Waals surface area contributed by atoms with E-state index in [0.29, 0.717) is 25.9 Å². The van der Waals surface area contributed by atoms with Gasteiger partial charge in [0.15, 0.2) is 0 Å². The van der Waals surface area contributed by atoms with Gasteiger partial charge in [0.05, 0.1) is 12.7 Å². The number of carbonyl (C=O) groups is 3. The van der Waals surface area contributed by atoms with Gasteiger partial charge in [-0.15, -0.1) is 0 Å². The zero-order valence-electron chi connectivity index (χ0n) is 15.9. The van der Waals surface area contributed by atoms with Crippen LogP contribution in [-0.2, 0) is 9.53 Å². The Bertz CT molecular complexity index is 761. The molecule has 2 aliphatic rings. The number of carbonyl (C=O) groups excluding carboxylic acids is 3. The van der Waals surface area contributed by atoms with Crippen molar-refractivity contribution in [3.05, 3.63) is 29.3 Å².